The van der Waals surface area contributed by atoms with Crippen molar-refractivity contribution in [1.29, 1.82) is 0 Å². The van der Waals surface area contributed by atoms with E-state index in [1.165, 1.54) is 21.9 Å². The molecule has 1 aliphatic rings. The highest BCUT2D eigenvalue weighted by Gasteiger charge is 2.32. The van der Waals surface area contributed by atoms with Crippen molar-refractivity contribution in [3.63, 3.8) is 0 Å². The van der Waals surface area contributed by atoms with E-state index in [4.69, 9.17) is 0 Å². The van der Waals surface area contributed by atoms with Crippen LogP contribution in [0.2, 0.25) is 0 Å². The summed E-state index contributed by atoms with van der Waals surface area (Å²) in [7, 11) is 0. The zero-order valence-electron chi connectivity index (χ0n) is 13.2. The molecule has 0 N–H and O–H groups in total. The number of likely N-dealkylation sites (tertiary alicyclic amines) is 1. The van der Waals surface area contributed by atoms with Crippen LogP contribution in [0.15, 0.2) is 41.7 Å². The Balaban J connectivity index is 1.73. The van der Waals surface area contributed by atoms with Gasteiger partial charge in [0.15, 0.2) is 4.96 Å². The summed E-state index contributed by atoms with van der Waals surface area (Å²) in [6.45, 7) is 2.57. The van der Waals surface area contributed by atoms with Crippen molar-refractivity contribution in [2.24, 2.45) is 0 Å². The van der Waals surface area contributed by atoms with E-state index in [1.807, 2.05) is 19.1 Å². The number of thiazole rings is 1. The third-order valence-corrected chi connectivity index (χ3v) is 5.27. The van der Waals surface area contributed by atoms with Crippen molar-refractivity contribution >= 4 is 22.2 Å². The third kappa shape index (κ3) is 2.41. The maximum Gasteiger partial charge on any atom is 0.271 e. The number of nitrogens with zero attached hydrogens (tertiary/aromatic N) is 4. The lowest BCUT2D eigenvalue weighted by molar-refractivity contribution is 0.0733. The van der Waals surface area contributed by atoms with Gasteiger partial charge in [-0.15, -0.1) is 11.3 Å². The Morgan fingerprint density at radius 3 is 2.92 bits per heavy atom. The van der Waals surface area contributed by atoms with Crippen LogP contribution in [0.3, 0.4) is 0 Å². The van der Waals surface area contributed by atoms with Gasteiger partial charge in [-0.1, -0.05) is 0 Å². The molecule has 0 spiro atoms. The van der Waals surface area contributed by atoms with Crippen LogP contribution >= 0.6 is 11.3 Å². The summed E-state index contributed by atoms with van der Waals surface area (Å²) in [5.74, 6) is -0.245. The molecule has 1 saturated heterocycles. The molecule has 6 nitrogen and oxygen atoms in total. The molecule has 0 aromatic carbocycles. The van der Waals surface area contributed by atoms with Gasteiger partial charge in [0.2, 0.25) is 0 Å². The maximum atomic E-state index is 13.0. The Bertz CT molecular complexity index is 964. The topological polar surface area (TPSA) is 67.6 Å². The number of carbonyl (C=O) groups excluding carboxylic acids is 1. The average molecular weight is 340 g/mol. The molecule has 1 aliphatic heterocycles. The van der Waals surface area contributed by atoms with E-state index in [9.17, 15) is 9.59 Å². The first-order valence-electron chi connectivity index (χ1n) is 7.84. The molecule has 4 heterocycles. The highest BCUT2D eigenvalue weighted by atomic mass is 32.1. The number of fused-ring (bicyclic) bond motifs is 1. The maximum absolute atomic E-state index is 13.0. The van der Waals surface area contributed by atoms with Gasteiger partial charge in [-0.05, 0) is 37.5 Å². The first kappa shape index (κ1) is 15.0. The number of pyridine rings is 1. The summed E-state index contributed by atoms with van der Waals surface area (Å²) in [6.07, 6.45) is 8.42. The zero-order valence-corrected chi connectivity index (χ0v) is 14.0. The van der Waals surface area contributed by atoms with Gasteiger partial charge in [-0.25, -0.2) is 4.98 Å². The molecule has 4 rings (SSSR count). The van der Waals surface area contributed by atoms with Crippen LogP contribution in [0.5, 0.6) is 0 Å². The lowest BCUT2D eigenvalue weighted by atomic mass is 10.1. The SMILES string of the molecule is Cc1cn2c(=O)c(C(=O)N3CCCC3c3ccncc3)cnc2s1. The largest absolute Gasteiger partial charge is 0.331 e. The number of hydrogen-bond acceptors (Lipinski definition) is 5. The Hall–Kier alpha value is -2.54. The molecule has 24 heavy (non-hydrogen) atoms. The van der Waals surface area contributed by atoms with Gasteiger partial charge in [0.1, 0.15) is 5.56 Å². The van der Waals surface area contributed by atoms with Gasteiger partial charge in [0.05, 0.1) is 6.04 Å². The van der Waals surface area contributed by atoms with E-state index in [-0.39, 0.29) is 23.1 Å². The van der Waals surface area contributed by atoms with Crippen LogP contribution in [0.1, 0.15) is 39.7 Å². The number of amides is 1. The van der Waals surface area contributed by atoms with E-state index in [0.29, 0.717) is 11.5 Å². The fourth-order valence-corrected chi connectivity index (χ4v) is 4.02. The molecule has 0 bridgehead atoms. The van der Waals surface area contributed by atoms with Gasteiger partial charge in [-0.3, -0.25) is 19.0 Å². The first-order chi connectivity index (χ1) is 11.6. The second-order valence-electron chi connectivity index (χ2n) is 5.91. The number of rotatable bonds is 2. The van der Waals surface area contributed by atoms with Gasteiger partial charge in [-0.2, -0.15) is 0 Å². The van der Waals surface area contributed by atoms with Gasteiger partial charge in [0.25, 0.3) is 11.5 Å². The normalized spacial score (nSPS) is 17.5. The fraction of sp³-hybridized carbons (Fsp3) is 0.294. The standard InChI is InChI=1S/C17H16N4O2S/c1-11-10-21-16(23)13(9-19-17(21)24-11)15(22)20-8-2-3-14(20)12-4-6-18-7-5-12/h4-7,9-10,14H,2-3,8H2,1H3. The minimum Gasteiger partial charge on any atom is -0.331 e. The van der Waals surface area contributed by atoms with Crippen molar-refractivity contribution in [3.05, 3.63) is 63.3 Å². The van der Waals surface area contributed by atoms with E-state index < -0.39 is 0 Å². The van der Waals surface area contributed by atoms with Crippen molar-refractivity contribution in [1.82, 2.24) is 19.3 Å². The fourth-order valence-electron chi connectivity index (χ4n) is 3.24. The third-order valence-electron chi connectivity index (χ3n) is 4.36. The first-order valence-corrected chi connectivity index (χ1v) is 8.65. The highest BCUT2D eigenvalue weighted by molar-refractivity contribution is 7.16. The minimum absolute atomic E-state index is 0.00944. The molecule has 1 amide bonds. The molecule has 1 atom stereocenters. The molecular weight excluding hydrogens is 324 g/mol. The number of aryl methyl sites for hydroxylation is 1. The van der Waals surface area contributed by atoms with E-state index >= 15 is 0 Å². The Morgan fingerprint density at radius 1 is 1.33 bits per heavy atom. The lowest BCUT2D eigenvalue weighted by Gasteiger charge is -2.24. The van der Waals surface area contributed by atoms with Crippen LogP contribution < -0.4 is 5.56 Å². The van der Waals surface area contributed by atoms with Crippen LogP contribution in [-0.4, -0.2) is 31.7 Å². The van der Waals surface area contributed by atoms with E-state index in [2.05, 4.69) is 9.97 Å². The van der Waals surface area contributed by atoms with Crippen LogP contribution in [0.25, 0.3) is 4.96 Å². The molecule has 7 heteroatoms. The number of carbonyl (C=O) groups is 1. The van der Waals surface area contributed by atoms with Crippen LogP contribution in [-0.2, 0) is 0 Å². The summed E-state index contributed by atoms with van der Waals surface area (Å²) in [4.78, 5) is 37.3. The van der Waals surface area contributed by atoms with E-state index in [0.717, 1.165) is 23.3 Å². The van der Waals surface area contributed by atoms with Gasteiger partial charge in [0, 0.05) is 36.2 Å². The Kier molecular flexibility index (Phi) is 3.65. The van der Waals surface area contributed by atoms with Crippen molar-refractivity contribution in [2.75, 3.05) is 6.54 Å². The van der Waals surface area contributed by atoms with Gasteiger partial charge < -0.3 is 4.90 Å². The molecule has 3 aromatic rings. The molecule has 1 fully saturated rings. The molecule has 122 valence electrons. The lowest BCUT2D eigenvalue weighted by Crippen LogP contribution is -2.35. The minimum atomic E-state index is -0.297. The summed E-state index contributed by atoms with van der Waals surface area (Å²) >= 11 is 1.44. The summed E-state index contributed by atoms with van der Waals surface area (Å²) in [5.41, 5.74) is 0.886. The summed E-state index contributed by atoms with van der Waals surface area (Å²) in [6, 6.07) is 3.84. The number of aromatic nitrogens is 3. The second-order valence-corrected chi connectivity index (χ2v) is 7.12. The molecule has 3 aromatic heterocycles. The van der Waals surface area contributed by atoms with Gasteiger partial charge >= 0.3 is 0 Å². The monoisotopic (exact) mass is 340 g/mol. The molecular formula is C17H16N4O2S. The second kappa shape index (κ2) is 5.83. The predicted molar refractivity (Wildman–Crippen MR) is 91.3 cm³/mol. The molecule has 0 saturated carbocycles. The average Bonchev–Trinajstić information content (AvgIpc) is 3.22. The number of hydrogen-bond donors (Lipinski definition) is 0. The Labute approximate surface area is 142 Å². The van der Waals surface area contributed by atoms with Crippen molar-refractivity contribution in [2.45, 2.75) is 25.8 Å². The smallest absolute Gasteiger partial charge is 0.271 e. The Morgan fingerprint density at radius 2 is 2.12 bits per heavy atom. The molecule has 1 unspecified atom stereocenters. The molecule has 0 radical (unpaired) electrons. The summed E-state index contributed by atoms with van der Waals surface area (Å²) < 4.78 is 1.46. The van der Waals surface area contributed by atoms with Crippen molar-refractivity contribution < 1.29 is 4.79 Å². The zero-order chi connectivity index (χ0) is 16.7. The van der Waals surface area contributed by atoms with Crippen LogP contribution in [0, 0.1) is 6.92 Å². The quantitative estimate of drug-likeness (QED) is 0.718. The molecule has 0 aliphatic carbocycles. The van der Waals surface area contributed by atoms with Crippen molar-refractivity contribution in [3.8, 4) is 0 Å². The van der Waals surface area contributed by atoms with Crippen LogP contribution in [0.4, 0.5) is 0 Å². The van der Waals surface area contributed by atoms with E-state index in [1.54, 1.807) is 23.5 Å². The highest BCUT2D eigenvalue weighted by Crippen LogP contribution is 2.32. The summed E-state index contributed by atoms with van der Waals surface area (Å²) in [5, 5.41) is 0. The predicted octanol–water partition coefficient (Wildman–Crippen LogP) is 2.44.